The molecule has 2 aromatic carbocycles. The summed E-state index contributed by atoms with van der Waals surface area (Å²) in [5.74, 6) is 0. The third-order valence-corrected chi connectivity index (χ3v) is 3.28. The molecule has 18 heavy (non-hydrogen) atoms. The molecule has 0 atom stereocenters. The molecule has 0 aliphatic heterocycles. The molecular formula is C14H10BrClN2. The number of nitrogens with one attached hydrogen (secondary N) is 1. The van der Waals surface area contributed by atoms with Crippen LogP contribution in [0, 0.1) is 11.3 Å². The highest BCUT2D eigenvalue weighted by Gasteiger charge is 2.01. The van der Waals surface area contributed by atoms with E-state index < -0.39 is 0 Å². The first-order chi connectivity index (χ1) is 8.69. The molecule has 0 aromatic heterocycles. The van der Waals surface area contributed by atoms with Gasteiger partial charge in [-0.3, -0.25) is 0 Å². The lowest BCUT2D eigenvalue weighted by atomic mass is 10.1. The summed E-state index contributed by atoms with van der Waals surface area (Å²) >= 11 is 9.47. The zero-order chi connectivity index (χ0) is 13.0. The van der Waals surface area contributed by atoms with Crippen LogP contribution in [0.4, 0.5) is 5.69 Å². The lowest BCUT2D eigenvalue weighted by Crippen LogP contribution is -2.00. The molecule has 0 aliphatic carbocycles. The maximum absolute atomic E-state index is 8.83. The van der Waals surface area contributed by atoms with Crippen molar-refractivity contribution in [1.82, 2.24) is 0 Å². The van der Waals surface area contributed by atoms with Crippen LogP contribution in [0.25, 0.3) is 0 Å². The quantitative estimate of drug-likeness (QED) is 0.897. The Morgan fingerprint density at radius 3 is 2.78 bits per heavy atom. The first kappa shape index (κ1) is 12.9. The molecule has 4 heteroatoms. The molecule has 2 nitrogen and oxygen atoms in total. The number of rotatable bonds is 3. The van der Waals surface area contributed by atoms with Crippen LogP contribution in [-0.4, -0.2) is 0 Å². The topological polar surface area (TPSA) is 35.8 Å². The summed E-state index contributed by atoms with van der Waals surface area (Å²) in [7, 11) is 0. The van der Waals surface area contributed by atoms with Gasteiger partial charge in [-0.1, -0.05) is 39.7 Å². The summed E-state index contributed by atoms with van der Waals surface area (Å²) < 4.78 is 0.949. The van der Waals surface area contributed by atoms with Gasteiger partial charge in [0.25, 0.3) is 0 Å². The Balaban J connectivity index is 2.09. The molecule has 0 saturated carbocycles. The molecule has 0 aliphatic rings. The molecule has 0 amide bonds. The van der Waals surface area contributed by atoms with Crippen LogP contribution in [0.3, 0.4) is 0 Å². The molecule has 2 rings (SSSR count). The van der Waals surface area contributed by atoms with Crippen molar-refractivity contribution in [2.24, 2.45) is 0 Å². The Morgan fingerprint density at radius 2 is 2.06 bits per heavy atom. The van der Waals surface area contributed by atoms with Gasteiger partial charge in [-0.05, 0) is 35.9 Å². The highest BCUT2D eigenvalue weighted by atomic mass is 79.9. The molecule has 0 heterocycles. The number of benzene rings is 2. The van der Waals surface area contributed by atoms with Crippen LogP contribution in [0.2, 0.25) is 5.02 Å². The molecular weight excluding hydrogens is 312 g/mol. The Hall–Kier alpha value is -1.50. The van der Waals surface area contributed by atoms with Crippen LogP contribution in [0.15, 0.2) is 46.9 Å². The number of hydrogen-bond donors (Lipinski definition) is 1. The molecule has 0 bridgehead atoms. The predicted molar refractivity (Wildman–Crippen MR) is 77.6 cm³/mol. The van der Waals surface area contributed by atoms with Crippen molar-refractivity contribution in [3.63, 3.8) is 0 Å². The van der Waals surface area contributed by atoms with E-state index in [4.69, 9.17) is 16.9 Å². The van der Waals surface area contributed by atoms with Gasteiger partial charge in [-0.15, -0.1) is 0 Å². The predicted octanol–water partition coefficient (Wildman–Crippen LogP) is 4.59. The fourth-order valence-corrected chi connectivity index (χ4v) is 2.32. The summed E-state index contributed by atoms with van der Waals surface area (Å²) in [6.07, 6.45) is 0. The van der Waals surface area contributed by atoms with E-state index in [0.29, 0.717) is 17.1 Å². The van der Waals surface area contributed by atoms with E-state index in [0.717, 1.165) is 15.7 Å². The lowest BCUT2D eigenvalue weighted by molar-refractivity contribution is 1.15. The summed E-state index contributed by atoms with van der Waals surface area (Å²) in [5.41, 5.74) is 2.59. The Kier molecular flexibility index (Phi) is 4.24. The van der Waals surface area contributed by atoms with Crippen molar-refractivity contribution in [3.05, 3.63) is 63.1 Å². The van der Waals surface area contributed by atoms with Crippen LogP contribution in [0.1, 0.15) is 11.1 Å². The van der Waals surface area contributed by atoms with Gasteiger partial charge in [0.1, 0.15) is 0 Å². The van der Waals surface area contributed by atoms with Crippen LogP contribution in [-0.2, 0) is 6.54 Å². The highest BCUT2D eigenvalue weighted by Crippen LogP contribution is 2.26. The highest BCUT2D eigenvalue weighted by molar-refractivity contribution is 9.10. The van der Waals surface area contributed by atoms with E-state index >= 15 is 0 Å². The minimum atomic E-state index is 0.636. The van der Waals surface area contributed by atoms with E-state index in [-0.39, 0.29) is 0 Å². The van der Waals surface area contributed by atoms with Gasteiger partial charge in [0.2, 0.25) is 0 Å². The van der Waals surface area contributed by atoms with Crippen molar-refractivity contribution >= 4 is 33.2 Å². The zero-order valence-corrected chi connectivity index (χ0v) is 11.8. The normalized spacial score (nSPS) is 9.83. The van der Waals surface area contributed by atoms with Crippen molar-refractivity contribution in [3.8, 4) is 6.07 Å². The monoisotopic (exact) mass is 320 g/mol. The largest absolute Gasteiger partial charge is 0.380 e. The fraction of sp³-hybridized carbons (Fsp3) is 0.0714. The minimum absolute atomic E-state index is 0.636. The van der Waals surface area contributed by atoms with Gasteiger partial charge in [0.05, 0.1) is 22.3 Å². The molecule has 0 spiro atoms. The molecule has 0 unspecified atom stereocenters. The van der Waals surface area contributed by atoms with E-state index in [1.54, 1.807) is 6.07 Å². The maximum Gasteiger partial charge on any atom is 0.0991 e. The van der Waals surface area contributed by atoms with Gasteiger partial charge in [0.15, 0.2) is 0 Å². The van der Waals surface area contributed by atoms with Gasteiger partial charge in [-0.2, -0.15) is 5.26 Å². The van der Waals surface area contributed by atoms with E-state index in [1.165, 1.54) is 0 Å². The number of nitriles is 1. The molecule has 0 radical (unpaired) electrons. The summed E-state index contributed by atoms with van der Waals surface area (Å²) in [6, 6.07) is 15.3. The van der Waals surface area contributed by atoms with Crippen molar-refractivity contribution < 1.29 is 0 Å². The first-order valence-corrected chi connectivity index (χ1v) is 6.54. The summed E-state index contributed by atoms with van der Waals surface area (Å²) in [6.45, 7) is 0.636. The van der Waals surface area contributed by atoms with Crippen LogP contribution in [0.5, 0.6) is 0 Å². The number of nitrogens with zero attached hydrogens (tertiary/aromatic N) is 1. The number of halogens is 2. The Labute approximate surface area is 119 Å². The maximum atomic E-state index is 8.83. The fourth-order valence-electron chi connectivity index (χ4n) is 1.58. The van der Waals surface area contributed by atoms with Crippen molar-refractivity contribution in [2.75, 3.05) is 5.32 Å². The lowest BCUT2D eigenvalue weighted by Gasteiger charge is -2.09. The first-order valence-electron chi connectivity index (χ1n) is 5.37. The molecule has 1 N–H and O–H groups in total. The standard InChI is InChI=1S/C14H10BrClN2/c15-12-4-5-14(13(16)7-12)18-9-11-3-1-2-10(6-11)8-17/h1-7,18H,9H2. The number of hydrogen-bond acceptors (Lipinski definition) is 2. The second kappa shape index (κ2) is 5.90. The third kappa shape index (κ3) is 3.25. The van der Waals surface area contributed by atoms with Gasteiger partial charge in [0, 0.05) is 11.0 Å². The summed E-state index contributed by atoms with van der Waals surface area (Å²) in [5, 5.41) is 12.7. The summed E-state index contributed by atoms with van der Waals surface area (Å²) in [4.78, 5) is 0. The molecule has 0 fully saturated rings. The SMILES string of the molecule is N#Cc1cccc(CNc2ccc(Br)cc2Cl)c1. The number of anilines is 1. The van der Waals surface area contributed by atoms with Gasteiger partial charge in [-0.25, -0.2) is 0 Å². The van der Waals surface area contributed by atoms with E-state index in [2.05, 4.69) is 27.3 Å². The Morgan fingerprint density at radius 1 is 1.22 bits per heavy atom. The molecule has 0 saturated heterocycles. The van der Waals surface area contributed by atoms with Crippen molar-refractivity contribution in [1.29, 1.82) is 5.26 Å². The third-order valence-electron chi connectivity index (χ3n) is 2.47. The van der Waals surface area contributed by atoms with Gasteiger partial charge >= 0.3 is 0 Å². The van der Waals surface area contributed by atoms with Gasteiger partial charge < -0.3 is 5.32 Å². The average Bonchev–Trinajstić information content (AvgIpc) is 2.38. The van der Waals surface area contributed by atoms with Crippen molar-refractivity contribution in [2.45, 2.75) is 6.54 Å². The minimum Gasteiger partial charge on any atom is -0.380 e. The zero-order valence-electron chi connectivity index (χ0n) is 9.45. The van der Waals surface area contributed by atoms with Crippen LogP contribution < -0.4 is 5.32 Å². The second-order valence-corrected chi connectivity index (χ2v) is 5.11. The van der Waals surface area contributed by atoms with Crippen LogP contribution >= 0.6 is 27.5 Å². The second-order valence-electron chi connectivity index (χ2n) is 3.79. The smallest absolute Gasteiger partial charge is 0.0991 e. The van der Waals surface area contributed by atoms with E-state index in [1.807, 2.05) is 36.4 Å². The average molecular weight is 322 g/mol. The molecule has 90 valence electrons. The molecule has 2 aromatic rings. The van der Waals surface area contributed by atoms with E-state index in [9.17, 15) is 0 Å². The Bertz CT molecular complexity index is 605.